The van der Waals surface area contributed by atoms with Gasteiger partial charge in [0.25, 0.3) is 0 Å². The highest BCUT2D eigenvalue weighted by Gasteiger charge is 2.22. The van der Waals surface area contributed by atoms with Crippen molar-refractivity contribution < 1.29 is 0 Å². The van der Waals surface area contributed by atoms with Crippen LogP contribution in [0, 0.1) is 5.41 Å². The molecule has 1 atom stereocenters. The minimum Gasteiger partial charge on any atom is -0.315 e. The number of aliphatic imine (C=N–C) groups is 1. The van der Waals surface area contributed by atoms with E-state index in [9.17, 15) is 0 Å². The monoisotopic (exact) mass is 181 g/mol. The lowest BCUT2D eigenvalue weighted by atomic mass is 10.2. The molecule has 0 aromatic carbocycles. The Kier molecular flexibility index (Phi) is 3.57. The second-order valence-corrected chi connectivity index (χ2v) is 2.94. The van der Waals surface area contributed by atoms with Crippen molar-refractivity contribution in [2.24, 2.45) is 10.1 Å². The van der Waals surface area contributed by atoms with Crippen molar-refractivity contribution in [2.75, 3.05) is 13.1 Å². The molecule has 0 aromatic rings. The first-order chi connectivity index (χ1) is 6.29. The highest BCUT2D eigenvalue weighted by molar-refractivity contribution is 5.86. The van der Waals surface area contributed by atoms with E-state index >= 15 is 0 Å². The number of amidine groups is 1. The summed E-state index contributed by atoms with van der Waals surface area (Å²) in [6, 6.07) is 0.334. The predicted octanol–water partition coefficient (Wildman–Crippen LogP) is 0.291. The molecule has 2 N–H and O–H groups in total. The van der Waals surface area contributed by atoms with Gasteiger partial charge in [0.15, 0.2) is 0 Å². The van der Waals surface area contributed by atoms with Gasteiger partial charge in [-0.1, -0.05) is 0 Å². The van der Waals surface area contributed by atoms with Crippen LogP contribution in [0.3, 0.4) is 0 Å². The number of nitrogens with one attached hydrogen (secondary N) is 2. The van der Waals surface area contributed by atoms with Gasteiger partial charge in [0.05, 0.1) is 6.04 Å². The number of rotatable bonds is 3. The Hall–Kier alpha value is -1.23. The van der Waals surface area contributed by atoms with E-state index in [0.29, 0.717) is 6.04 Å². The van der Waals surface area contributed by atoms with Gasteiger partial charge in [-0.15, -0.1) is 0 Å². The number of hydrogen-bond acceptors (Lipinski definition) is 3. The minimum absolute atomic E-state index is 0.334. The first-order valence-corrected chi connectivity index (χ1v) is 4.29. The summed E-state index contributed by atoms with van der Waals surface area (Å²) in [5.74, 6) is 0.721. The quantitative estimate of drug-likeness (QED) is 0.373. The lowest BCUT2D eigenvalue weighted by molar-refractivity contribution is 0.346. The highest BCUT2D eigenvalue weighted by atomic mass is 15.5. The van der Waals surface area contributed by atoms with Crippen molar-refractivity contribution in [3.63, 3.8) is 0 Å². The molecule has 0 aliphatic carbocycles. The summed E-state index contributed by atoms with van der Waals surface area (Å²) in [4.78, 5) is 3.86. The van der Waals surface area contributed by atoms with Crippen LogP contribution in [-0.2, 0) is 0 Å². The maximum atomic E-state index is 6.86. The third-order valence-electron chi connectivity index (χ3n) is 2.12. The number of hydrazone groups is 1. The Bertz CT molecular complexity index is 217. The van der Waals surface area contributed by atoms with E-state index in [4.69, 9.17) is 5.41 Å². The van der Waals surface area contributed by atoms with Crippen LogP contribution in [0.25, 0.3) is 0 Å². The first-order valence-electron chi connectivity index (χ1n) is 4.29. The van der Waals surface area contributed by atoms with Crippen molar-refractivity contribution >= 4 is 18.9 Å². The second kappa shape index (κ2) is 4.71. The Balaban J connectivity index is 2.65. The number of nitrogens with zero attached hydrogens (tertiary/aromatic N) is 3. The normalized spacial score (nSPS) is 22.8. The van der Waals surface area contributed by atoms with E-state index in [1.165, 1.54) is 0 Å². The Labute approximate surface area is 78.0 Å². The lowest BCUT2D eigenvalue weighted by Crippen LogP contribution is -2.36. The molecule has 0 radical (unpaired) electrons. The van der Waals surface area contributed by atoms with Gasteiger partial charge in [-0.25, -0.2) is 10.0 Å². The van der Waals surface area contributed by atoms with Crippen molar-refractivity contribution in [1.82, 2.24) is 10.3 Å². The van der Waals surface area contributed by atoms with Gasteiger partial charge < -0.3 is 5.32 Å². The summed E-state index contributed by atoms with van der Waals surface area (Å²) in [7, 11) is 0. The fraction of sp³-hybridized carbons (Fsp3) is 0.625. The molecule has 1 aliphatic heterocycles. The van der Waals surface area contributed by atoms with Gasteiger partial charge in [0.2, 0.25) is 0 Å². The fourth-order valence-electron chi connectivity index (χ4n) is 1.48. The van der Waals surface area contributed by atoms with E-state index in [2.05, 4.69) is 22.1 Å². The van der Waals surface area contributed by atoms with Crippen LogP contribution in [-0.4, -0.2) is 43.0 Å². The van der Waals surface area contributed by atoms with E-state index < -0.39 is 0 Å². The van der Waals surface area contributed by atoms with Crippen LogP contribution in [0.15, 0.2) is 10.1 Å². The highest BCUT2D eigenvalue weighted by Crippen LogP contribution is 2.09. The van der Waals surface area contributed by atoms with Gasteiger partial charge in [-0.3, -0.25) is 5.41 Å². The Morgan fingerprint density at radius 1 is 1.77 bits per heavy atom. The first kappa shape index (κ1) is 9.85. The summed E-state index contributed by atoms with van der Waals surface area (Å²) in [6.45, 7) is 7.25. The minimum atomic E-state index is 0.334. The van der Waals surface area contributed by atoms with Crippen molar-refractivity contribution in [1.29, 1.82) is 5.41 Å². The van der Waals surface area contributed by atoms with Crippen LogP contribution < -0.4 is 5.32 Å². The van der Waals surface area contributed by atoms with Gasteiger partial charge in [0, 0.05) is 13.3 Å². The summed E-state index contributed by atoms with van der Waals surface area (Å²) in [5, 5.41) is 15.8. The van der Waals surface area contributed by atoms with Crippen LogP contribution in [0.2, 0.25) is 0 Å². The summed E-state index contributed by atoms with van der Waals surface area (Å²) >= 11 is 0. The van der Waals surface area contributed by atoms with Crippen LogP contribution >= 0.6 is 0 Å². The molecule has 5 nitrogen and oxygen atoms in total. The van der Waals surface area contributed by atoms with Gasteiger partial charge >= 0.3 is 0 Å². The average Bonchev–Trinajstić information content (AvgIpc) is 2.59. The molecule has 13 heavy (non-hydrogen) atoms. The van der Waals surface area contributed by atoms with Crippen molar-refractivity contribution in [2.45, 2.75) is 19.4 Å². The third kappa shape index (κ3) is 2.35. The van der Waals surface area contributed by atoms with E-state index in [1.807, 2.05) is 6.92 Å². The second-order valence-electron chi connectivity index (χ2n) is 2.94. The number of hydrogen-bond donors (Lipinski definition) is 2. The van der Waals surface area contributed by atoms with Crippen LogP contribution in [0.4, 0.5) is 0 Å². The van der Waals surface area contributed by atoms with E-state index in [0.717, 1.165) is 31.7 Å². The molecule has 0 amide bonds. The molecule has 1 rings (SSSR count). The summed E-state index contributed by atoms with van der Waals surface area (Å²) < 4.78 is 0. The third-order valence-corrected chi connectivity index (χ3v) is 2.12. The Morgan fingerprint density at radius 3 is 3.00 bits per heavy atom. The molecule has 5 heteroatoms. The van der Waals surface area contributed by atoms with Gasteiger partial charge in [0.1, 0.15) is 12.2 Å². The molecule has 1 fully saturated rings. The molecular formula is C8H15N5. The van der Waals surface area contributed by atoms with Gasteiger partial charge in [-0.05, 0) is 19.9 Å². The zero-order valence-corrected chi connectivity index (χ0v) is 7.82. The van der Waals surface area contributed by atoms with E-state index in [-0.39, 0.29) is 0 Å². The SMILES string of the molecule is C=NN(C(C)=NC=N)[C@@H]1CCNC1. The molecule has 1 heterocycles. The zero-order chi connectivity index (χ0) is 9.68. The fourth-order valence-corrected chi connectivity index (χ4v) is 1.48. The molecule has 0 bridgehead atoms. The molecule has 0 saturated carbocycles. The maximum absolute atomic E-state index is 6.86. The smallest absolute Gasteiger partial charge is 0.124 e. The van der Waals surface area contributed by atoms with Crippen LogP contribution in [0.5, 0.6) is 0 Å². The standard InChI is InChI=1S/C8H15N5/c1-7(12-6-9)13(10-2)8-3-4-11-5-8/h6,8-9,11H,2-5H2,1H3/t8-/m1/s1. The van der Waals surface area contributed by atoms with E-state index in [1.54, 1.807) is 5.01 Å². The molecule has 0 aromatic heterocycles. The van der Waals surface area contributed by atoms with Gasteiger partial charge in [-0.2, -0.15) is 5.10 Å². The maximum Gasteiger partial charge on any atom is 0.124 e. The largest absolute Gasteiger partial charge is 0.315 e. The van der Waals surface area contributed by atoms with Crippen molar-refractivity contribution in [3.05, 3.63) is 0 Å². The Morgan fingerprint density at radius 2 is 2.54 bits per heavy atom. The molecule has 72 valence electrons. The molecule has 0 unspecified atom stereocenters. The topological polar surface area (TPSA) is 63.8 Å². The molecule has 1 saturated heterocycles. The lowest BCUT2D eigenvalue weighted by Gasteiger charge is -2.23. The average molecular weight is 181 g/mol. The summed E-state index contributed by atoms with van der Waals surface area (Å²) in [5.41, 5.74) is 0. The molecular weight excluding hydrogens is 166 g/mol. The zero-order valence-electron chi connectivity index (χ0n) is 7.82. The predicted molar refractivity (Wildman–Crippen MR) is 54.6 cm³/mol. The molecule has 1 aliphatic rings. The van der Waals surface area contributed by atoms with Crippen LogP contribution in [0.1, 0.15) is 13.3 Å². The van der Waals surface area contributed by atoms with Crippen molar-refractivity contribution in [3.8, 4) is 0 Å². The summed E-state index contributed by atoms with van der Waals surface area (Å²) in [6.07, 6.45) is 2.07. The molecule has 0 spiro atoms.